The summed E-state index contributed by atoms with van der Waals surface area (Å²) in [5.74, 6) is -0.149. The lowest BCUT2D eigenvalue weighted by molar-refractivity contribution is 0.0599. The minimum atomic E-state index is -3.94. The van der Waals surface area contributed by atoms with Crippen molar-refractivity contribution in [2.24, 2.45) is 0 Å². The Morgan fingerprint density at radius 2 is 1.74 bits per heavy atom. The lowest BCUT2D eigenvalue weighted by Gasteiger charge is -2.22. The Labute approximate surface area is 206 Å². The number of anilines is 1. The molecule has 8 heteroatoms. The Kier molecular flexibility index (Phi) is 7.53. The maximum absolute atomic E-state index is 13.6. The molecule has 3 aromatic rings. The number of aromatic nitrogens is 1. The van der Waals surface area contributed by atoms with E-state index in [9.17, 15) is 13.2 Å². The van der Waals surface area contributed by atoms with Crippen LogP contribution in [-0.4, -0.2) is 33.0 Å². The summed E-state index contributed by atoms with van der Waals surface area (Å²) in [5.41, 5.74) is 3.21. The molecule has 1 aromatic heterocycles. The third-order valence-corrected chi connectivity index (χ3v) is 8.62. The minimum absolute atomic E-state index is 0.0374. The summed E-state index contributed by atoms with van der Waals surface area (Å²) in [6.07, 6.45) is 0.588. The molecule has 6 nitrogen and oxygen atoms in total. The molecule has 0 unspecified atom stereocenters. The Hall–Kier alpha value is -2.71. The van der Waals surface area contributed by atoms with E-state index < -0.39 is 16.0 Å². The first-order chi connectivity index (χ1) is 15.9. The third kappa shape index (κ3) is 5.03. The molecule has 0 bridgehead atoms. The van der Waals surface area contributed by atoms with E-state index in [2.05, 4.69) is 32.9 Å². The summed E-state index contributed by atoms with van der Waals surface area (Å²) < 4.78 is 33.4. The number of benzene rings is 2. The Morgan fingerprint density at radius 3 is 2.26 bits per heavy atom. The van der Waals surface area contributed by atoms with E-state index in [1.165, 1.54) is 40.4 Å². The van der Waals surface area contributed by atoms with Crippen molar-refractivity contribution in [1.29, 1.82) is 0 Å². The van der Waals surface area contributed by atoms with E-state index >= 15 is 0 Å². The van der Waals surface area contributed by atoms with Crippen molar-refractivity contribution in [3.63, 3.8) is 0 Å². The molecule has 0 amide bonds. The zero-order chi connectivity index (χ0) is 25.3. The summed E-state index contributed by atoms with van der Waals surface area (Å²) in [4.78, 5) is 17.8. The molecule has 1 heterocycles. The molecule has 34 heavy (non-hydrogen) atoms. The monoisotopic (exact) mass is 500 g/mol. The van der Waals surface area contributed by atoms with Gasteiger partial charge in [-0.3, -0.25) is 0 Å². The van der Waals surface area contributed by atoms with Crippen LogP contribution in [0.15, 0.2) is 47.4 Å². The van der Waals surface area contributed by atoms with E-state index in [0.717, 1.165) is 21.0 Å². The van der Waals surface area contributed by atoms with Crippen molar-refractivity contribution in [2.45, 2.75) is 58.3 Å². The fourth-order valence-electron chi connectivity index (χ4n) is 3.74. The number of thiazole rings is 1. The maximum Gasteiger partial charge on any atom is 0.338 e. The van der Waals surface area contributed by atoms with Gasteiger partial charge in [0.15, 0.2) is 5.82 Å². The highest BCUT2D eigenvalue weighted by Crippen LogP contribution is 2.36. The Bertz CT molecular complexity index is 1290. The van der Waals surface area contributed by atoms with Gasteiger partial charge in [0.05, 0.1) is 17.6 Å². The van der Waals surface area contributed by atoms with Gasteiger partial charge in [0, 0.05) is 17.0 Å². The predicted octanol–water partition coefficient (Wildman–Crippen LogP) is 5.98. The second-order valence-corrected chi connectivity index (χ2v) is 12.1. The van der Waals surface area contributed by atoms with Gasteiger partial charge in [-0.1, -0.05) is 58.0 Å². The lowest BCUT2D eigenvalue weighted by atomic mass is 9.87. The standard InChI is InChI=1S/C26H32N2O4S2/c1-8-18-12-15-21(16-22(18)25(29)32-7)34(30,31)28(9-2)23-17(3)33-24(27-23)19-10-13-20(14-11-19)26(4,5)6/h10-16H,8-9H2,1-7H3. The fraction of sp³-hybridized carbons (Fsp3) is 0.385. The van der Waals surface area contributed by atoms with Crippen LogP contribution in [-0.2, 0) is 26.6 Å². The van der Waals surface area contributed by atoms with Gasteiger partial charge in [-0.2, -0.15) is 0 Å². The molecule has 0 aliphatic heterocycles. The molecule has 0 radical (unpaired) electrons. The number of rotatable bonds is 7. The van der Waals surface area contributed by atoms with Gasteiger partial charge in [0.1, 0.15) is 5.01 Å². The van der Waals surface area contributed by atoms with E-state index in [-0.39, 0.29) is 22.4 Å². The SMILES string of the molecule is CCc1ccc(S(=O)(=O)N(CC)c2nc(-c3ccc(C(C)(C)C)cc3)sc2C)cc1C(=O)OC. The molecule has 3 rings (SSSR count). The van der Waals surface area contributed by atoms with Gasteiger partial charge in [-0.15, -0.1) is 11.3 Å². The highest BCUT2D eigenvalue weighted by molar-refractivity contribution is 7.92. The molecule has 0 aliphatic rings. The third-order valence-electron chi connectivity index (χ3n) is 5.75. The van der Waals surface area contributed by atoms with Crippen LogP contribution in [0.2, 0.25) is 0 Å². The van der Waals surface area contributed by atoms with Crippen molar-refractivity contribution in [1.82, 2.24) is 4.98 Å². The molecule has 182 valence electrons. The van der Waals surface area contributed by atoms with Crippen LogP contribution >= 0.6 is 11.3 Å². The number of hydrogen-bond donors (Lipinski definition) is 0. The number of carbonyl (C=O) groups is 1. The fourth-order valence-corrected chi connectivity index (χ4v) is 6.23. The van der Waals surface area contributed by atoms with Gasteiger partial charge < -0.3 is 4.74 Å². The first-order valence-electron chi connectivity index (χ1n) is 11.3. The first-order valence-corrected chi connectivity index (χ1v) is 13.5. The van der Waals surface area contributed by atoms with Gasteiger partial charge in [0.25, 0.3) is 10.0 Å². The zero-order valence-corrected chi connectivity index (χ0v) is 22.4. The molecule has 0 spiro atoms. The van der Waals surface area contributed by atoms with Crippen LogP contribution in [0.1, 0.15) is 61.0 Å². The Balaban J connectivity index is 2.03. The van der Waals surface area contributed by atoms with Gasteiger partial charge >= 0.3 is 5.97 Å². The summed E-state index contributed by atoms with van der Waals surface area (Å²) in [6.45, 7) is 12.2. The number of carbonyl (C=O) groups excluding carboxylic acids is 1. The lowest BCUT2D eigenvalue weighted by Crippen LogP contribution is -2.31. The number of nitrogens with zero attached hydrogens (tertiary/aromatic N) is 2. The molecule has 0 saturated carbocycles. The van der Waals surface area contributed by atoms with Crippen molar-refractivity contribution in [3.05, 3.63) is 64.0 Å². The number of aryl methyl sites for hydroxylation is 2. The zero-order valence-electron chi connectivity index (χ0n) is 20.8. The smallest absolute Gasteiger partial charge is 0.338 e. The second-order valence-electron chi connectivity index (χ2n) is 9.06. The topological polar surface area (TPSA) is 76.6 Å². The highest BCUT2D eigenvalue weighted by atomic mass is 32.2. The average Bonchev–Trinajstić information content (AvgIpc) is 3.19. The summed E-state index contributed by atoms with van der Waals surface area (Å²) in [5, 5.41) is 0.762. The van der Waals surface area contributed by atoms with Crippen molar-refractivity contribution in [3.8, 4) is 10.6 Å². The number of esters is 1. The highest BCUT2D eigenvalue weighted by Gasteiger charge is 2.29. The van der Waals surface area contributed by atoms with Crippen LogP contribution in [0.3, 0.4) is 0 Å². The predicted molar refractivity (Wildman–Crippen MR) is 138 cm³/mol. The summed E-state index contributed by atoms with van der Waals surface area (Å²) in [6, 6.07) is 12.8. The van der Waals surface area contributed by atoms with Crippen LogP contribution in [0.4, 0.5) is 5.82 Å². The van der Waals surface area contributed by atoms with E-state index in [4.69, 9.17) is 9.72 Å². The minimum Gasteiger partial charge on any atom is -0.465 e. The van der Waals surface area contributed by atoms with Gasteiger partial charge in [-0.25, -0.2) is 22.5 Å². The number of hydrogen-bond acceptors (Lipinski definition) is 6. The van der Waals surface area contributed by atoms with E-state index in [0.29, 0.717) is 12.2 Å². The van der Waals surface area contributed by atoms with Crippen LogP contribution in [0, 0.1) is 6.92 Å². The van der Waals surface area contributed by atoms with Crippen molar-refractivity contribution < 1.29 is 17.9 Å². The molecular weight excluding hydrogens is 468 g/mol. The largest absolute Gasteiger partial charge is 0.465 e. The number of sulfonamides is 1. The molecule has 0 atom stereocenters. The van der Waals surface area contributed by atoms with E-state index in [1.807, 2.05) is 26.0 Å². The normalized spacial score (nSPS) is 12.0. The van der Waals surface area contributed by atoms with E-state index in [1.54, 1.807) is 13.0 Å². The quantitative estimate of drug-likeness (QED) is 0.373. The van der Waals surface area contributed by atoms with Crippen molar-refractivity contribution >= 4 is 33.1 Å². The number of methoxy groups -OCH3 is 1. The molecule has 0 aliphatic carbocycles. The van der Waals surface area contributed by atoms with Crippen LogP contribution in [0.25, 0.3) is 10.6 Å². The maximum atomic E-state index is 13.6. The molecule has 2 aromatic carbocycles. The van der Waals surface area contributed by atoms with Crippen LogP contribution in [0.5, 0.6) is 0 Å². The molecule has 0 N–H and O–H groups in total. The molecular formula is C26H32N2O4S2. The summed E-state index contributed by atoms with van der Waals surface area (Å²) >= 11 is 1.46. The average molecular weight is 501 g/mol. The van der Waals surface area contributed by atoms with Gasteiger partial charge in [0.2, 0.25) is 0 Å². The first kappa shape index (κ1) is 25.9. The molecule has 0 saturated heterocycles. The van der Waals surface area contributed by atoms with Crippen molar-refractivity contribution in [2.75, 3.05) is 18.0 Å². The Morgan fingerprint density at radius 1 is 1.09 bits per heavy atom. The number of ether oxygens (including phenoxy) is 1. The second kappa shape index (κ2) is 9.88. The van der Waals surface area contributed by atoms with Crippen LogP contribution < -0.4 is 4.31 Å². The van der Waals surface area contributed by atoms with Gasteiger partial charge in [-0.05, 0) is 48.9 Å². The molecule has 0 fully saturated rings. The summed E-state index contributed by atoms with van der Waals surface area (Å²) in [7, 11) is -2.65.